The van der Waals surface area contributed by atoms with Gasteiger partial charge in [-0.05, 0) is 6.42 Å². The minimum Gasteiger partial charge on any atom is -0.379 e. The molecule has 1 fully saturated rings. The van der Waals surface area contributed by atoms with Crippen LogP contribution in [0.4, 0.5) is 0 Å². The van der Waals surface area contributed by atoms with Gasteiger partial charge in [-0.1, -0.05) is 25.7 Å². The standard InChI is InChI=1S/C9H20O2Si/c1-12(2,3)6-4-5-10-7-9-8-11-9/h9H,4-8H2,1-3H3/t9-/m0/s1. The Morgan fingerprint density at radius 3 is 2.58 bits per heavy atom. The summed E-state index contributed by atoms with van der Waals surface area (Å²) >= 11 is 0. The maximum Gasteiger partial charge on any atom is 0.104 e. The third kappa shape index (κ3) is 5.74. The topological polar surface area (TPSA) is 21.8 Å². The quantitative estimate of drug-likeness (QED) is 0.362. The Balaban J connectivity index is 1.82. The van der Waals surface area contributed by atoms with Crippen LogP contribution in [0, 0.1) is 0 Å². The van der Waals surface area contributed by atoms with E-state index in [1.807, 2.05) is 0 Å². The predicted molar refractivity (Wildman–Crippen MR) is 53.3 cm³/mol. The predicted octanol–water partition coefficient (Wildman–Crippen LogP) is 2.13. The largest absolute Gasteiger partial charge is 0.379 e. The van der Waals surface area contributed by atoms with E-state index >= 15 is 0 Å². The van der Waals surface area contributed by atoms with Crippen LogP contribution >= 0.6 is 0 Å². The third-order valence-corrected chi connectivity index (χ3v) is 3.78. The summed E-state index contributed by atoms with van der Waals surface area (Å²) in [6.07, 6.45) is 1.65. The molecule has 0 unspecified atom stereocenters. The molecule has 0 bridgehead atoms. The average Bonchev–Trinajstić information content (AvgIpc) is 2.68. The van der Waals surface area contributed by atoms with Crippen molar-refractivity contribution >= 4 is 8.07 Å². The molecule has 1 atom stereocenters. The van der Waals surface area contributed by atoms with Crippen LogP contribution in [0.2, 0.25) is 25.7 Å². The smallest absolute Gasteiger partial charge is 0.104 e. The monoisotopic (exact) mass is 188 g/mol. The molecule has 0 spiro atoms. The molecule has 1 aliphatic rings. The lowest BCUT2D eigenvalue weighted by molar-refractivity contribution is 0.117. The Bertz CT molecular complexity index is 127. The summed E-state index contributed by atoms with van der Waals surface area (Å²) in [4.78, 5) is 0. The highest BCUT2D eigenvalue weighted by Crippen LogP contribution is 2.12. The van der Waals surface area contributed by atoms with Crippen molar-refractivity contribution in [3.63, 3.8) is 0 Å². The summed E-state index contributed by atoms with van der Waals surface area (Å²) in [6, 6.07) is 1.37. The van der Waals surface area contributed by atoms with E-state index in [4.69, 9.17) is 9.47 Å². The van der Waals surface area contributed by atoms with Gasteiger partial charge in [-0.2, -0.15) is 0 Å². The molecule has 12 heavy (non-hydrogen) atoms. The summed E-state index contributed by atoms with van der Waals surface area (Å²) in [5.41, 5.74) is 0. The second-order valence-corrected chi connectivity index (χ2v) is 10.3. The second kappa shape index (κ2) is 4.39. The van der Waals surface area contributed by atoms with Crippen molar-refractivity contribution in [3.05, 3.63) is 0 Å². The minimum absolute atomic E-state index is 0.428. The maximum absolute atomic E-state index is 5.45. The van der Waals surface area contributed by atoms with Gasteiger partial charge in [0.1, 0.15) is 6.10 Å². The zero-order valence-corrected chi connectivity index (χ0v) is 9.43. The van der Waals surface area contributed by atoms with Crippen LogP contribution in [-0.2, 0) is 9.47 Å². The van der Waals surface area contributed by atoms with E-state index in [9.17, 15) is 0 Å². The molecule has 1 aliphatic heterocycles. The highest BCUT2D eigenvalue weighted by molar-refractivity contribution is 6.76. The van der Waals surface area contributed by atoms with Crippen molar-refractivity contribution in [1.82, 2.24) is 0 Å². The van der Waals surface area contributed by atoms with Gasteiger partial charge in [-0.3, -0.25) is 0 Å². The fraction of sp³-hybridized carbons (Fsp3) is 1.00. The van der Waals surface area contributed by atoms with Gasteiger partial charge in [0.05, 0.1) is 13.2 Å². The summed E-state index contributed by atoms with van der Waals surface area (Å²) in [5.74, 6) is 0. The van der Waals surface area contributed by atoms with E-state index in [0.717, 1.165) is 19.8 Å². The maximum atomic E-state index is 5.45. The van der Waals surface area contributed by atoms with Crippen molar-refractivity contribution in [1.29, 1.82) is 0 Å². The number of rotatable bonds is 6. The fourth-order valence-corrected chi connectivity index (χ4v) is 2.29. The molecule has 0 aromatic rings. The normalized spacial score (nSPS) is 22.8. The van der Waals surface area contributed by atoms with E-state index in [2.05, 4.69) is 19.6 Å². The molecule has 0 amide bonds. The second-order valence-electron chi connectivity index (χ2n) is 4.69. The number of ether oxygens (including phenoxy) is 2. The molecular weight excluding hydrogens is 168 g/mol. The molecule has 2 nitrogen and oxygen atoms in total. The zero-order valence-electron chi connectivity index (χ0n) is 8.43. The Morgan fingerprint density at radius 2 is 2.08 bits per heavy atom. The fourth-order valence-electron chi connectivity index (χ4n) is 1.08. The SMILES string of the molecule is C[Si](C)(C)CCCOC[C@H]1CO1. The van der Waals surface area contributed by atoms with Gasteiger partial charge < -0.3 is 9.47 Å². The number of hydrogen-bond acceptors (Lipinski definition) is 2. The minimum atomic E-state index is -0.830. The molecule has 72 valence electrons. The molecule has 1 rings (SSSR count). The zero-order chi connectivity index (χ0) is 9.03. The van der Waals surface area contributed by atoms with Crippen molar-refractivity contribution in [2.45, 2.75) is 38.2 Å². The number of hydrogen-bond donors (Lipinski definition) is 0. The molecule has 0 saturated carbocycles. The molecule has 0 aliphatic carbocycles. The van der Waals surface area contributed by atoms with Crippen molar-refractivity contribution in [2.75, 3.05) is 19.8 Å². The molecule has 3 heteroatoms. The van der Waals surface area contributed by atoms with Gasteiger partial charge in [0, 0.05) is 14.7 Å². The van der Waals surface area contributed by atoms with Crippen molar-refractivity contribution < 1.29 is 9.47 Å². The number of epoxide rings is 1. The summed E-state index contributed by atoms with van der Waals surface area (Å²) in [6.45, 7) is 9.84. The Morgan fingerprint density at radius 1 is 1.42 bits per heavy atom. The first kappa shape index (κ1) is 10.2. The van der Waals surface area contributed by atoms with Crippen LogP contribution in [0.3, 0.4) is 0 Å². The molecule has 1 saturated heterocycles. The van der Waals surface area contributed by atoms with Crippen LogP contribution in [0.25, 0.3) is 0 Å². The average molecular weight is 188 g/mol. The van der Waals surface area contributed by atoms with Gasteiger partial charge in [0.15, 0.2) is 0 Å². The highest BCUT2D eigenvalue weighted by Gasteiger charge is 2.22. The van der Waals surface area contributed by atoms with Crippen molar-refractivity contribution in [3.8, 4) is 0 Å². The van der Waals surface area contributed by atoms with Gasteiger partial charge in [-0.15, -0.1) is 0 Å². The molecular formula is C9H20O2Si. The lowest BCUT2D eigenvalue weighted by atomic mass is 10.5. The van der Waals surface area contributed by atoms with Gasteiger partial charge in [0.2, 0.25) is 0 Å². The summed E-state index contributed by atoms with van der Waals surface area (Å²) in [5, 5.41) is 0. The first-order chi connectivity index (χ1) is 5.58. The van der Waals surface area contributed by atoms with E-state index in [1.54, 1.807) is 0 Å². The highest BCUT2D eigenvalue weighted by atomic mass is 28.3. The molecule has 0 aromatic carbocycles. The van der Waals surface area contributed by atoms with Crippen LogP contribution < -0.4 is 0 Å². The van der Waals surface area contributed by atoms with Crippen LogP contribution in [-0.4, -0.2) is 34.0 Å². The lowest BCUT2D eigenvalue weighted by Crippen LogP contribution is -2.19. The first-order valence-corrected chi connectivity index (χ1v) is 8.48. The summed E-state index contributed by atoms with van der Waals surface area (Å²) < 4.78 is 10.5. The molecule has 0 N–H and O–H groups in total. The van der Waals surface area contributed by atoms with E-state index in [-0.39, 0.29) is 0 Å². The molecule has 1 heterocycles. The summed E-state index contributed by atoms with van der Waals surface area (Å²) in [7, 11) is -0.830. The van der Waals surface area contributed by atoms with Crippen LogP contribution in [0.5, 0.6) is 0 Å². The van der Waals surface area contributed by atoms with Crippen LogP contribution in [0.15, 0.2) is 0 Å². The lowest BCUT2D eigenvalue weighted by Gasteiger charge is -2.14. The molecule has 0 radical (unpaired) electrons. The van der Waals surface area contributed by atoms with Gasteiger partial charge in [-0.25, -0.2) is 0 Å². The van der Waals surface area contributed by atoms with Gasteiger partial charge >= 0.3 is 0 Å². The van der Waals surface area contributed by atoms with E-state index < -0.39 is 8.07 Å². The Labute approximate surface area is 76.3 Å². The first-order valence-electron chi connectivity index (χ1n) is 4.77. The third-order valence-electron chi connectivity index (χ3n) is 1.92. The van der Waals surface area contributed by atoms with E-state index in [0.29, 0.717) is 6.10 Å². The van der Waals surface area contributed by atoms with Gasteiger partial charge in [0.25, 0.3) is 0 Å². The van der Waals surface area contributed by atoms with E-state index in [1.165, 1.54) is 12.5 Å². The molecule has 0 aromatic heterocycles. The van der Waals surface area contributed by atoms with Crippen LogP contribution in [0.1, 0.15) is 6.42 Å². The Kier molecular flexibility index (Phi) is 3.74. The van der Waals surface area contributed by atoms with Crippen molar-refractivity contribution in [2.24, 2.45) is 0 Å². The Hall–Kier alpha value is 0.137.